The number of nitrogens with two attached hydrogens (primary N) is 1. The summed E-state index contributed by atoms with van der Waals surface area (Å²) in [6.07, 6.45) is 16.3. The van der Waals surface area contributed by atoms with Crippen molar-refractivity contribution in [1.82, 2.24) is 4.98 Å². The van der Waals surface area contributed by atoms with Gasteiger partial charge in [0, 0.05) is 23.1 Å². The fraction of sp³-hybridized carbons (Fsp3) is 0.769. The molecule has 0 aromatic carbocycles. The predicted molar refractivity (Wildman–Crippen MR) is 147 cm³/mol. The van der Waals surface area contributed by atoms with Crippen LogP contribution in [-0.4, -0.2) is 28.4 Å². The van der Waals surface area contributed by atoms with E-state index < -0.39 is 0 Å². The van der Waals surface area contributed by atoms with Crippen LogP contribution in [0.15, 0.2) is 23.2 Å². The van der Waals surface area contributed by atoms with Crippen molar-refractivity contribution in [3.8, 4) is 0 Å². The van der Waals surface area contributed by atoms with Crippen molar-refractivity contribution in [1.29, 1.82) is 5.41 Å². The molecular weight excluding hydrogens is 432 g/mol. The Bertz CT molecular complexity index is 628. The van der Waals surface area contributed by atoms with Crippen LogP contribution in [-0.2, 0) is 0 Å². The number of nitrogens with zero attached hydrogens (tertiary/aromatic N) is 1. The van der Waals surface area contributed by atoms with Crippen LogP contribution in [0.5, 0.6) is 0 Å². The molecule has 0 saturated heterocycles. The highest BCUT2D eigenvalue weighted by Gasteiger charge is 2.13. The number of amidine groups is 1. The molecule has 3 unspecified atom stereocenters. The lowest BCUT2D eigenvalue weighted by molar-refractivity contribution is 0.389. The van der Waals surface area contributed by atoms with Gasteiger partial charge in [0.05, 0.1) is 6.04 Å². The number of aromatic nitrogens is 1. The molecule has 4 N–H and O–H groups in total. The zero-order valence-electron chi connectivity index (χ0n) is 21.2. The van der Waals surface area contributed by atoms with Crippen LogP contribution < -0.4 is 11.1 Å². The molecule has 0 aliphatic heterocycles. The molecule has 4 nitrogen and oxygen atoms in total. The van der Waals surface area contributed by atoms with Crippen LogP contribution in [0.25, 0.3) is 0 Å². The molecule has 6 heteroatoms. The molecular formula is C26H48N4S2. The Balaban J connectivity index is 2.10. The van der Waals surface area contributed by atoms with E-state index in [1.165, 1.54) is 74.7 Å². The lowest BCUT2D eigenvalue weighted by Crippen LogP contribution is -2.37. The predicted octanol–water partition coefficient (Wildman–Crippen LogP) is 7.98. The van der Waals surface area contributed by atoms with Gasteiger partial charge in [-0.3, -0.25) is 5.41 Å². The molecule has 0 amide bonds. The van der Waals surface area contributed by atoms with Gasteiger partial charge in [0.25, 0.3) is 0 Å². The van der Waals surface area contributed by atoms with Gasteiger partial charge in [0.2, 0.25) is 0 Å². The molecule has 1 aromatic heterocycles. The van der Waals surface area contributed by atoms with Crippen LogP contribution in [0, 0.1) is 23.2 Å². The zero-order valence-corrected chi connectivity index (χ0v) is 22.8. The van der Waals surface area contributed by atoms with Gasteiger partial charge >= 0.3 is 0 Å². The van der Waals surface area contributed by atoms with E-state index in [2.05, 4.69) is 51.0 Å². The summed E-state index contributed by atoms with van der Waals surface area (Å²) < 4.78 is 0. The summed E-state index contributed by atoms with van der Waals surface area (Å²) in [6.45, 7) is 11.8. The molecule has 0 radical (unpaired) electrons. The number of hydrogen-bond donors (Lipinski definition) is 3. The van der Waals surface area contributed by atoms with Crippen molar-refractivity contribution in [2.75, 3.05) is 16.8 Å². The van der Waals surface area contributed by atoms with E-state index in [9.17, 15) is 0 Å². The topological polar surface area (TPSA) is 74.8 Å². The third kappa shape index (κ3) is 14.9. The molecule has 32 heavy (non-hydrogen) atoms. The minimum absolute atomic E-state index is 0.154. The lowest BCUT2D eigenvalue weighted by Gasteiger charge is -2.16. The Morgan fingerprint density at radius 3 is 2.28 bits per heavy atom. The van der Waals surface area contributed by atoms with Crippen LogP contribution in [0.3, 0.4) is 0 Å². The largest absolute Gasteiger partial charge is 0.386 e. The first-order valence-corrected chi connectivity index (χ1v) is 14.5. The number of thioether (sulfide) groups is 1. The quantitative estimate of drug-likeness (QED) is 0.0812. The van der Waals surface area contributed by atoms with Crippen LogP contribution in [0.1, 0.15) is 92.4 Å². The van der Waals surface area contributed by atoms with Gasteiger partial charge < -0.3 is 11.1 Å². The minimum atomic E-state index is -0.154. The average Bonchev–Trinajstić information content (AvgIpc) is 3.23. The van der Waals surface area contributed by atoms with Crippen molar-refractivity contribution >= 4 is 34.1 Å². The fourth-order valence-corrected chi connectivity index (χ4v) is 5.47. The SMILES string of the molecule is CC(=CCSCC(Nc1nccs1)C(=N)N)CCCC(C)CCCC(C)CCCC(C)C. The summed E-state index contributed by atoms with van der Waals surface area (Å²) >= 11 is 3.36. The molecule has 0 saturated carbocycles. The number of allylic oxidation sites excluding steroid dienone is 1. The molecule has 0 spiro atoms. The molecule has 0 bridgehead atoms. The monoisotopic (exact) mass is 480 g/mol. The normalized spacial score (nSPS) is 15.0. The van der Waals surface area contributed by atoms with Gasteiger partial charge in [-0.1, -0.05) is 84.3 Å². The van der Waals surface area contributed by atoms with Crippen LogP contribution in [0.2, 0.25) is 0 Å². The summed E-state index contributed by atoms with van der Waals surface area (Å²) in [4.78, 5) is 4.22. The first-order chi connectivity index (χ1) is 15.3. The molecule has 0 aliphatic rings. The summed E-state index contributed by atoms with van der Waals surface area (Å²) in [5, 5.41) is 13.8. The fourth-order valence-electron chi connectivity index (χ4n) is 3.85. The molecule has 3 atom stereocenters. The second kappa shape index (κ2) is 17.5. The van der Waals surface area contributed by atoms with Crippen LogP contribution in [0.4, 0.5) is 5.13 Å². The van der Waals surface area contributed by atoms with E-state index >= 15 is 0 Å². The maximum atomic E-state index is 7.78. The summed E-state index contributed by atoms with van der Waals surface area (Å²) in [5.74, 6) is 4.51. The Labute approximate surface area is 206 Å². The lowest BCUT2D eigenvalue weighted by atomic mass is 9.91. The molecule has 0 fully saturated rings. The number of nitrogens with one attached hydrogen (secondary N) is 2. The summed E-state index contributed by atoms with van der Waals surface area (Å²) in [5.41, 5.74) is 7.22. The van der Waals surface area contributed by atoms with Gasteiger partial charge in [0.15, 0.2) is 5.13 Å². The maximum Gasteiger partial charge on any atom is 0.183 e. The highest BCUT2D eigenvalue weighted by molar-refractivity contribution is 7.99. The highest BCUT2D eigenvalue weighted by Crippen LogP contribution is 2.22. The number of anilines is 1. The first-order valence-electron chi connectivity index (χ1n) is 12.5. The third-order valence-electron chi connectivity index (χ3n) is 6.08. The second-order valence-electron chi connectivity index (χ2n) is 9.94. The molecule has 184 valence electrons. The van der Waals surface area contributed by atoms with Crippen molar-refractivity contribution in [2.24, 2.45) is 23.5 Å². The Hall–Kier alpha value is -1.01. The first kappa shape index (κ1) is 29.0. The Morgan fingerprint density at radius 2 is 1.72 bits per heavy atom. The van der Waals surface area contributed by atoms with Crippen molar-refractivity contribution < 1.29 is 0 Å². The molecule has 0 aliphatic carbocycles. The molecule has 1 heterocycles. The van der Waals surface area contributed by atoms with E-state index in [1.807, 2.05) is 17.1 Å². The van der Waals surface area contributed by atoms with Gasteiger partial charge in [-0.25, -0.2) is 4.98 Å². The van der Waals surface area contributed by atoms with Crippen molar-refractivity contribution in [3.05, 3.63) is 23.2 Å². The van der Waals surface area contributed by atoms with E-state index in [4.69, 9.17) is 11.1 Å². The van der Waals surface area contributed by atoms with E-state index in [0.717, 1.165) is 34.4 Å². The summed E-state index contributed by atoms with van der Waals surface area (Å²) in [7, 11) is 0. The molecule has 1 aromatic rings. The van der Waals surface area contributed by atoms with E-state index in [-0.39, 0.29) is 11.9 Å². The van der Waals surface area contributed by atoms with Crippen molar-refractivity contribution in [3.63, 3.8) is 0 Å². The number of thiazole rings is 1. The van der Waals surface area contributed by atoms with Gasteiger partial charge in [-0.15, -0.1) is 11.3 Å². The minimum Gasteiger partial charge on any atom is -0.386 e. The van der Waals surface area contributed by atoms with Crippen LogP contribution >= 0.6 is 23.1 Å². The Kier molecular flexibility index (Phi) is 15.8. The molecule has 1 rings (SSSR count). The van der Waals surface area contributed by atoms with E-state index in [1.54, 1.807) is 6.20 Å². The summed E-state index contributed by atoms with van der Waals surface area (Å²) in [6, 6.07) is -0.154. The Morgan fingerprint density at radius 1 is 1.09 bits per heavy atom. The second-order valence-corrected chi connectivity index (χ2v) is 11.9. The van der Waals surface area contributed by atoms with Gasteiger partial charge in [-0.05, 0) is 37.5 Å². The van der Waals surface area contributed by atoms with Crippen molar-refractivity contribution in [2.45, 2.75) is 98.4 Å². The number of hydrogen-bond acceptors (Lipinski definition) is 5. The standard InChI is InChI=1S/C26H48N4S2/c1-20(2)9-6-10-21(3)11-7-12-22(4)13-8-14-23(5)15-17-31-19-24(25(27)28)30-26-29-16-18-32-26/h15-16,18,20-22,24H,6-14,17,19H2,1-5H3,(H3,27,28)(H,29,30). The third-order valence-corrected chi connectivity index (χ3v) is 7.76. The van der Waals surface area contributed by atoms with E-state index in [0.29, 0.717) is 0 Å². The maximum absolute atomic E-state index is 7.78. The smallest absolute Gasteiger partial charge is 0.183 e. The zero-order chi connectivity index (χ0) is 23.8. The number of rotatable bonds is 19. The van der Waals surface area contributed by atoms with Gasteiger partial charge in [0.1, 0.15) is 5.84 Å². The highest BCUT2D eigenvalue weighted by atomic mass is 32.2. The average molecular weight is 481 g/mol. The van der Waals surface area contributed by atoms with Gasteiger partial charge in [-0.2, -0.15) is 11.8 Å².